The highest BCUT2D eigenvalue weighted by molar-refractivity contribution is 8.34. The van der Waals surface area contributed by atoms with Gasteiger partial charge in [-0.2, -0.15) is 0 Å². The van der Waals surface area contributed by atoms with Gasteiger partial charge in [-0.15, -0.1) is 10.0 Å². The molecule has 0 aliphatic carbocycles. The molecule has 0 aliphatic rings. The molecule has 0 unspecified atom stereocenters. The average Bonchev–Trinajstić information content (AvgIpc) is 3.44. The van der Waals surface area contributed by atoms with E-state index in [2.05, 4.69) is 167 Å². The lowest BCUT2D eigenvalue weighted by Crippen LogP contribution is -2.05. The Balaban J connectivity index is 1.44. The van der Waals surface area contributed by atoms with Gasteiger partial charge in [0.2, 0.25) is 0 Å². The van der Waals surface area contributed by atoms with Gasteiger partial charge in [-0.25, -0.2) is 9.97 Å². The molecule has 44 heavy (non-hydrogen) atoms. The molecule has 6 aromatic carbocycles. The van der Waals surface area contributed by atoms with E-state index in [1.54, 1.807) is 6.33 Å². The van der Waals surface area contributed by atoms with Crippen molar-refractivity contribution in [3.8, 4) is 16.8 Å². The molecule has 0 N–H and O–H groups in total. The highest BCUT2D eigenvalue weighted by atomic mass is 32.3. The summed E-state index contributed by atoms with van der Waals surface area (Å²) in [6.45, 7) is 0. The summed E-state index contributed by atoms with van der Waals surface area (Å²) in [6.07, 6.45) is 3.59. The summed E-state index contributed by atoms with van der Waals surface area (Å²) in [4.78, 5) is 14.4. The molecule has 2 heterocycles. The van der Waals surface area contributed by atoms with Gasteiger partial charge in [0.25, 0.3) is 0 Å². The van der Waals surface area contributed by atoms with Crippen molar-refractivity contribution in [3.63, 3.8) is 0 Å². The summed E-state index contributed by atoms with van der Waals surface area (Å²) >= 11 is 0. The van der Waals surface area contributed by atoms with Crippen LogP contribution in [-0.2, 0) is 0 Å². The second-order valence-electron chi connectivity index (χ2n) is 10.7. The van der Waals surface area contributed by atoms with Crippen molar-refractivity contribution in [2.75, 3.05) is 0 Å². The fourth-order valence-electron chi connectivity index (χ4n) is 6.31. The van der Waals surface area contributed by atoms with Crippen molar-refractivity contribution in [3.05, 3.63) is 176 Å². The van der Waals surface area contributed by atoms with Gasteiger partial charge in [0.1, 0.15) is 12.0 Å². The van der Waals surface area contributed by atoms with Gasteiger partial charge in [-0.1, -0.05) is 97.1 Å². The fourth-order valence-corrected chi connectivity index (χ4v) is 10.2. The zero-order valence-corrected chi connectivity index (χ0v) is 24.8. The van der Waals surface area contributed by atoms with Gasteiger partial charge >= 0.3 is 0 Å². The van der Waals surface area contributed by atoms with Crippen LogP contribution < -0.4 is 0 Å². The number of fused-ring (bicyclic) bond motifs is 3. The summed E-state index contributed by atoms with van der Waals surface area (Å²) in [5, 5.41) is 2.19. The summed E-state index contributed by atoms with van der Waals surface area (Å²) < 4.78 is 2.24. The van der Waals surface area contributed by atoms with Crippen LogP contribution in [0.3, 0.4) is 0 Å². The predicted octanol–water partition coefficient (Wildman–Crippen LogP) is 10.6. The third-order valence-electron chi connectivity index (χ3n) is 8.28. The average molecular weight is 584 g/mol. The van der Waals surface area contributed by atoms with Crippen LogP contribution in [0.2, 0.25) is 0 Å². The van der Waals surface area contributed by atoms with E-state index >= 15 is 0 Å². The zero-order chi connectivity index (χ0) is 29.3. The van der Waals surface area contributed by atoms with E-state index in [9.17, 15) is 0 Å². The smallest absolute Gasteiger partial charge is 0.148 e. The highest BCUT2D eigenvalue weighted by Gasteiger charge is 2.34. The minimum Gasteiger partial charge on any atom is -0.294 e. The molecule has 8 aromatic rings. The molecule has 0 atom stereocenters. The molecule has 4 heteroatoms. The topological polar surface area (TPSA) is 30.7 Å². The molecule has 8 rings (SSSR count). The second-order valence-corrected chi connectivity index (χ2v) is 13.8. The summed E-state index contributed by atoms with van der Waals surface area (Å²) in [6, 6.07) is 59.2. The maximum atomic E-state index is 4.76. The lowest BCUT2D eigenvalue weighted by molar-refractivity contribution is 1.11. The van der Waals surface area contributed by atoms with Gasteiger partial charge < -0.3 is 0 Å². The molecular formula is C40H29N3S. The lowest BCUT2D eigenvalue weighted by Gasteiger charge is -2.42. The number of benzene rings is 6. The van der Waals surface area contributed by atoms with Crippen LogP contribution in [0.5, 0.6) is 0 Å². The summed E-state index contributed by atoms with van der Waals surface area (Å²) in [7, 11) is -1.88. The first-order chi connectivity index (χ1) is 21.8. The minimum atomic E-state index is -1.88. The van der Waals surface area contributed by atoms with Gasteiger partial charge in [-0.05, 0) is 77.9 Å². The molecule has 0 fully saturated rings. The Hall–Kier alpha value is -5.45. The fraction of sp³-hybridized carbons (Fsp3) is 0. The van der Waals surface area contributed by atoms with Crippen molar-refractivity contribution in [1.82, 2.24) is 14.5 Å². The van der Waals surface area contributed by atoms with Crippen LogP contribution in [-0.4, -0.2) is 14.5 Å². The van der Waals surface area contributed by atoms with Crippen molar-refractivity contribution in [1.29, 1.82) is 0 Å². The van der Waals surface area contributed by atoms with E-state index in [0.717, 1.165) is 27.6 Å². The Morgan fingerprint density at radius 2 is 0.977 bits per heavy atom. The monoisotopic (exact) mass is 583 g/mol. The SMILES string of the molecule is c1ccc(-c2ccc(S(c3ccccc3)(c3ccccc3)c3ccc4c(c3)c3cncnc3n4-c3ccccc3)cc2)cc1. The van der Waals surface area contributed by atoms with Crippen molar-refractivity contribution in [2.24, 2.45) is 0 Å². The van der Waals surface area contributed by atoms with Crippen LogP contribution in [0.4, 0.5) is 0 Å². The Morgan fingerprint density at radius 1 is 0.455 bits per heavy atom. The number of aromatic nitrogens is 3. The molecule has 0 bridgehead atoms. The van der Waals surface area contributed by atoms with Crippen LogP contribution in [0.15, 0.2) is 196 Å². The van der Waals surface area contributed by atoms with Crippen molar-refractivity contribution < 1.29 is 0 Å². The third-order valence-corrected chi connectivity index (χ3v) is 12.2. The maximum absolute atomic E-state index is 4.76. The Kier molecular flexibility index (Phi) is 6.55. The number of rotatable bonds is 6. The predicted molar refractivity (Wildman–Crippen MR) is 182 cm³/mol. The molecule has 2 aromatic heterocycles. The first-order valence-electron chi connectivity index (χ1n) is 14.7. The van der Waals surface area contributed by atoms with Crippen molar-refractivity contribution in [2.45, 2.75) is 19.6 Å². The Morgan fingerprint density at radius 3 is 1.61 bits per heavy atom. The number of hydrogen-bond donors (Lipinski definition) is 0. The van der Waals surface area contributed by atoms with Crippen LogP contribution in [0.25, 0.3) is 38.8 Å². The molecule has 3 nitrogen and oxygen atoms in total. The molecular weight excluding hydrogens is 555 g/mol. The first kappa shape index (κ1) is 26.2. The van der Waals surface area contributed by atoms with Crippen LogP contribution in [0.1, 0.15) is 0 Å². The molecule has 0 saturated carbocycles. The minimum absolute atomic E-state index is 0.908. The molecule has 0 radical (unpaired) electrons. The van der Waals surface area contributed by atoms with Crippen molar-refractivity contribution >= 4 is 32.0 Å². The van der Waals surface area contributed by atoms with Crippen LogP contribution in [0, 0.1) is 0 Å². The highest BCUT2D eigenvalue weighted by Crippen LogP contribution is 2.73. The van der Waals surface area contributed by atoms with Gasteiger partial charge in [0, 0.05) is 42.2 Å². The van der Waals surface area contributed by atoms with E-state index < -0.39 is 10.0 Å². The molecule has 0 amide bonds. The van der Waals surface area contributed by atoms with E-state index in [0.29, 0.717) is 0 Å². The Bertz CT molecular complexity index is 2150. The van der Waals surface area contributed by atoms with Gasteiger partial charge in [0.05, 0.1) is 5.52 Å². The normalized spacial score (nSPS) is 12.0. The molecule has 0 aliphatic heterocycles. The molecule has 0 saturated heterocycles. The number of para-hydroxylation sites is 1. The number of nitrogens with zero attached hydrogens (tertiary/aromatic N) is 3. The quantitative estimate of drug-likeness (QED) is 0.195. The first-order valence-corrected chi connectivity index (χ1v) is 16.4. The zero-order valence-electron chi connectivity index (χ0n) is 24.0. The standard InChI is InChI=1S/C40H29N3S/c1-5-13-30(14-6-1)31-21-23-35(24-22-31)44(33-17-9-3-10-18-33,34-19-11-4-12-20-34)36-25-26-39-37(27-36)38-28-41-29-42-40(38)43(39)32-15-7-2-8-16-32/h1-29H. The molecule has 0 spiro atoms. The number of hydrogen-bond acceptors (Lipinski definition) is 2. The van der Waals surface area contributed by atoms with Crippen LogP contribution >= 0.6 is 10.0 Å². The van der Waals surface area contributed by atoms with E-state index in [-0.39, 0.29) is 0 Å². The lowest BCUT2D eigenvalue weighted by atomic mass is 10.1. The van der Waals surface area contributed by atoms with Gasteiger partial charge in [-0.3, -0.25) is 4.57 Å². The maximum Gasteiger partial charge on any atom is 0.148 e. The molecule has 210 valence electrons. The summed E-state index contributed by atoms with van der Waals surface area (Å²) in [5.74, 6) is 0. The van der Waals surface area contributed by atoms with Gasteiger partial charge in [0.15, 0.2) is 0 Å². The largest absolute Gasteiger partial charge is 0.294 e. The summed E-state index contributed by atoms with van der Waals surface area (Å²) in [5.41, 5.74) is 5.53. The van der Waals surface area contributed by atoms with E-state index in [4.69, 9.17) is 4.98 Å². The second kappa shape index (κ2) is 11.0. The Labute approximate surface area is 258 Å². The third kappa shape index (κ3) is 4.23. The van der Waals surface area contributed by atoms with E-state index in [1.165, 1.54) is 30.7 Å². The van der Waals surface area contributed by atoms with E-state index in [1.807, 2.05) is 12.3 Å².